The van der Waals surface area contributed by atoms with E-state index in [1.807, 2.05) is 88.4 Å². The Balaban J connectivity index is 1.83. The van der Waals surface area contributed by atoms with Crippen LogP contribution in [0.5, 0.6) is 11.5 Å². The van der Waals surface area contributed by atoms with Crippen LogP contribution in [0.3, 0.4) is 0 Å². The van der Waals surface area contributed by atoms with Crippen LogP contribution in [0.15, 0.2) is 89.3 Å². The lowest BCUT2D eigenvalue weighted by molar-refractivity contribution is -0.113. The lowest BCUT2D eigenvalue weighted by atomic mass is 9.79. The minimum Gasteiger partial charge on any atom is -0.493 e. The van der Waals surface area contributed by atoms with E-state index in [9.17, 15) is 9.59 Å². The molecule has 0 aliphatic carbocycles. The molecule has 0 spiro atoms. The molecule has 7 nitrogen and oxygen atoms in total. The minimum absolute atomic E-state index is 0.294. The standard InChI is InChI=1S/C31H33N3O4/c1-18-11-7-9-13-23(18)33-30(35)27-20(3)32-21(4)28(31(36)34-24-14-10-8-12-19(24)2)29(27)22-15-16-25(37-5)26(17-22)38-6/h7-17,29,32H,1-6H3,(H,33,35)(H,34,36). The number of anilines is 2. The number of benzene rings is 3. The second-order valence-corrected chi connectivity index (χ2v) is 9.29. The Labute approximate surface area is 223 Å². The quantitative estimate of drug-likeness (QED) is 0.371. The van der Waals surface area contributed by atoms with Crippen molar-refractivity contribution in [3.63, 3.8) is 0 Å². The lowest BCUT2D eigenvalue weighted by Crippen LogP contribution is -2.35. The molecule has 1 heterocycles. The van der Waals surface area contributed by atoms with Crippen molar-refractivity contribution in [2.45, 2.75) is 33.6 Å². The monoisotopic (exact) mass is 511 g/mol. The number of aryl methyl sites for hydroxylation is 2. The van der Waals surface area contributed by atoms with E-state index >= 15 is 0 Å². The Hall–Kier alpha value is -4.52. The number of carbonyl (C=O) groups is 2. The molecule has 3 N–H and O–H groups in total. The number of allylic oxidation sites excluding steroid dienone is 2. The van der Waals surface area contributed by atoms with Crippen molar-refractivity contribution in [2.24, 2.45) is 0 Å². The van der Waals surface area contributed by atoms with Gasteiger partial charge in [-0.15, -0.1) is 0 Å². The van der Waals surface area contributed by atoms with Gasteiger partial charge in [0.05, 0.1) is 14.2 Å². The van der Waals surface area contributed by atoms with Crippen LogP contribution in [0, 0.1) is 13.8 Å². The highest BCUT2D eigenvalue weighted by molar-refractivity contribution is 6.12. The van der Waals surface area contributed by atoms with Gasteiger partial charge in [-0.25, -0.2) is 0 Å². The van der Waals surface area contributed by atoms with Gasteiger partial charge in [0.25, 0.3) is 11.8 Å². The minimum atomic E-state index is -0.663. The molecule has 0 atom stereocenters. The van der Waals surface area contributed by atoms with Gasteiger partial charge in [0.15, 0.2) is 11.5 Å². The summed E-state index contributed by atoms with van der Waals surface area (Å²) in [6.45, 7) is 7.57. The lowest BCUT2D eigenvalue weighted by Gasteiger charge is -2.32. The molecule has 0 radical (unpaired) electrons. The average Bonchev–Trinajstić information content (AvgIpc) is 2.90. The highest BCUT2D eigenvalue weighted by atomic mass is 16.5. The second kappa shape index (κ2) is 11.3. The fourth-order valence-corrected chi connectivity index (χ4v) is 4.77. The molecule has 0 unspecified atom stereocenters. The number of para-hydroxylation sites is 2. The number of dihydropyridines is 1. The maximum absolute atomic E-state index is 13.9. The molecule has 1 aliphatic rings. The van der Waals surface area contributed by atoms with Crippen LogP contribution in [-0.4, -0.2) is 26.0 Å². The van der Waals surface area contributed by atoms with Crippen molar-refractivity contribution >= 4 is 23.2 Å². The first kappa shape index (κ1) is 26.5. The van der Waals surface area contributed by atoms with Crippen molar-refractivity contribution in [1.82, 2.24) is 5.32 Å². The molecule has 38 heavy (non-hydrogen) atoms. The molecule has 1 aliphatic heterocycles. The Bertz CT molecular complexity index is 1370. The zero-order valence-corrected chi connectivity index (χ0v) is 22.6. The van der Waals surface area contributed by atoms with Gasteiger partial charge in [0.1, 0.15) is 0 Å². The van der Waals surface area contributed by atoms with Crippen LogP contribution < -0.4 is 25.4 Å². The Morgan fingerprint density at radius 1 is 0.684 bits per heavy atom. The number of rotatable bonds is 7. The van der Waals surface area contributed by atoms with Crippen molar-refractivity contribution in [1.29, 1.82) is 0 Å². The molecule has 0 fully saturated rings. The molecule has 4 rings (SSSR count). The van der Waals surface area contributed by atoms with E-state index in [2.05, 4.69) is 16.0 Å². The molecule has 0 aromatic heterocycles. The summed E-state index contributed by atoms with van der Waals surface area (Å²) in [7, 11) is 3.13. The fraction of sp³-hybridized carbons (Fsp3) is 0.226. The Kier molecular flexibility index (Phi) is 7.86. The molecule has 7 heteroatoms. The first-order valence-electron chi connectivity index (χ1n) is 12.4. The normalized spacial score (nSPS) is 13.6. The molecule has 3 aromatic carbocycles. The molecule has 0 saturated heterocycles. The molecular weight excluding hydrogens is 478 g/mol. The highest BCUT2D eigenvalue weighted by Crippen LogP contribution is 2.42. The van der Waals surface area contributed by atoms with Gasteiger partial charge < -0.3 is 25.4 Å². The predicted molar refractivity (Wildman–Crippen MR) is 150 cm³/mol. The number of hydrogen-bond acceptors (Lipinski definition) is 5. The van der Waals surface area contributed by atoms with Crippen molar-refractivity contribution in [2.75, 3.05) is 24.9 Å². The van der Waals surface area contributed by atoms with Crippen LogP contribution in [0.1, 0.15) is 36.5 Å². The van der Waals surface area contributed by atoms with E-state index in [4.69, 9.17) is 9.47 Å². The Morgan fingerprint density at radius 3 is 1.61 bits per heavy atom. The molecule has 0 saturated carbocycles. The van der Waals surface area contributed by atoms with Crippen LogP contribution in [0.25, 0.3) is 0 Å². The van der Waals surface area contributed by atoms with E-state index < -0.39 is 5.92 Å². The number of carbonyl (C=O) groups excluding carboxylic acids is 2. The van der Waals surface area contributed by atoms with E-state index in [-0.39, 0.29) is 11.8 Å². The summed E-state index contributed by atoms with van der Waals surface area (Å²) in [4.78, 5) is 27.7. The number of ether oxygens (including phenoxy) is 2. The molecule has 0 bridgehead atoms. The first-order chi connectivity index (χ1) is 18.2. The number of amides is 2. The summed E-state index contributed by atoms with van der Waals surface area (Å²) in [6, 6.07) is 20.6. The third kappa shape index (κ3) is 5.27. The zero-order valence-electron chi connectivity index (χ0n) is 22.6. The van der Waals surface area contributed by atoms with Gasteiger partial charge in [0.2, 0.25) is 0 Å². The van der Waals surface area contributed by atoms with E-state index in [1.54, 1.807) is 20.3 Å². The van der Waals surface area contributed by atoms with Crippen molar-refractivity contribution in [3.05, 3.63) is 106 Å². The number of methoxy groups -OCH3 is 2. The first-order valence-corrected chi connectivity index (χ1v) is 12.4. The summed E-state index contributed by atoms with van der Waals surface area (Å²) >= 11 is 0. The SMILES string of the molecule is COc1ccc(C2C(C(=O)Nc3ccccc3C)=C(C)NC(C)=C2C(=O)Nc2ccccc2C)cc1OC. The number of hydrogen-bond donors (Lipinski definition) is 3. The summed E-state index contributed by atoms with van der Waals surface area (Å²) in [6.07, 6.45) is 0. The number of nitrogens with one attached hydrogen (secondary N) is 3. The third-order valence-corrected chi connectivity index (χ3v) is 6.78. The van der Waals surface area contributed by atoms with Crippen LogP contribution in [0.2, 0.25) is 0 Å². The van der Waals surface area contributed by atoms with E-state index in [0.29, 0.717) is 45.4 Å². The third-order valence-electron chi connectivity index (χ3n) is 6.78. The topological polar surface area (TPSA) is 88.7 Å². The predicted octanol–water partition coefficient (Wildman–Crippen LogP) is 5.83. The van der Waals surface area contributed by atoms with Gasteiger partial charge >= 0.3 is 0 Å². The largest absolute Gasteiger partial charge is 0.493 e. The van der Waals surface area contributed by atoms with Crippen LogP contribution >= 0.6 is 0 Å². The molecule has 3 aromatic rings. The second-order valence-electron chi connectivity index (χ2n) is 9.29. The molecule has 196 valence electrons. The molecule has 2 amide bonds. The smallest absolute Gasteiger partial charge is 0.254 e. The summed E-state index contributed by atoms with van der Waals surface area (Å²) in [5.74, 6) is -0.181. The maximum Gasteiger partial charge on any atom is 0.254 e. The van der Waals surface area contributed by atoms with Gasteiger partial charge in [-0.2, -0.15) is 0 Å². The summed E-state index contributed by atoms with van der Waals surface area (Å²) in [5, 5.41) is 9.37. The Morgan fingerprint density at radius 2 is 1.16 bits per heavy atom. The maximum atomic E-state index is 13.9. The van der Waals surface area contributed by atoms with E-state index in [0.717, 1.165) is 16.7 Å². The van der Waals surface area contributed by atoms with Crippen molar-refractivity contribution < 1.29 is 19.1 Å². The van der Waals surface area contributed by atoms with Crippen molar-refractivity contribution in [3.8, 4) is 11.5 Å². The molecular formula is C31H33N3O4. The van der Waals surface area contributed by atoms with Crippen LogP contribution in [-0.2, 0) is 9.59 Å². The van der Waals surface area contributed by atoms with Gasteiger partial charge in [-0.05, 0) is 68.7 Å². The fourth-order valence-electron chi connectivity index (χ4n) is 4.77. The highest BCUT2D eigenvalue weighted by Gasteiger charge is 2.37. The van der Waals surface area contributed by atoms with E-state index in [1.165, 1.54) is 0 Å². The van der Waals surface area contributed by atoms with Gasteiger partial charge in [-0.3, -0.25) is 9.59 Å². The van der Waals surface area contributed by atoms with Gasteiger partial charge in [-0.1, -0.05) is 42.5 Å². The van der Waals surface area contributed by atoms with Gasteiger partial charge in [0, 0.05) is 39.8 Å². The zero-order chi connectivity index (χ0) is 27.4. The summed E-state index contributed by atoms with van der Waals surface area (Å²) in [5.41, 5.74) is 6.25. The average molecular weight is 512 g/mol. The van der Waals surface area contributed by atoms with Crippen LogP contribution in [0.4, 0.5) is 11.4 Å². The summed E-state index contributed by atoms with van der Waals surface area (Å²) < 4.78 is 11.0.